The molecule has 4 heterocycles. The summed E-state index contributed by atoms with van der Waals surface area (Å²) in [5, 5.41) is 9.48. The van der Waals surface area contributed by atoms with Crippen LogP contribution in [-0.4, -0.2) is 51.4 Å². The summed E-state index contributed by atoms with van der Waals surface area (Å²) in [6.45, 7) is 3.04. The Hall–Kier alpha value is -4.05. The maximum Gasteiger partial charge on any atom is 0.335 e. The number of carboxylic acid groups (broad SMARTS) is 1. The molecule has 0 bridgehead atoms. The highest BCUT2D eigenvalue weighted by molar-refractivity contribution is 5.92. The Labute approximate surface area is 230 Å². The van der Waals surface area contributed by atoms with Crippen LogP contribution in [0.2, 0.25) is 0 Å². The van der Waals surface area contributed by atoms with E-state index in [0.29, 0.717) is 18.3 Å². The average Bonchev–Trinajstić information content (AvgIpc) is 3.26. The van der Waals surface area contributed by atoms with Gasteiger partial charge in [-0.15, -0.1) is 0 Å². The minimum absolute atomic E-state index is 0.0362. The fourth-order valence-corrected chi connectivity index (χ4v) is 5.37. The lowest BCUT2D eigenvalue weighted by Crippen LogP contribution is -2.35. The molecule has 2 fully saturated rings. The summed E-state index contributed by atoms with van der Waals surface area (Å²) in [4.78, 5) is 23.3. The van der Waals surface area contributed by atoms with Gasteiger partial charge >= 0.3 is 5.97 Å². The highest BCUT2D eigenvalue weighted by Crippen LogP contribution is 2.29. The monoisotopic (exact) mass is 548 g/mol. The van der Waals surface area contributed by atoms with Crippen molar-refractivity contribution in [3.05, 3.63) is 83.2 Å². The summed E-state index contributed by atoms with van der Waals surface area (Å²) in [6.07, 6.45) is 3.84. The third-order valence-corrected chi connectivity index (χ3v) is 7.76. The van der Waals surface area contributed by atoms with E-state index < -0.39 is 17.6 Å². The number of aromatic nitrogens is 3. The van der Waals surface area contributed by atoms with Crippen LogP contribution in [-0.2, 0) is 24.3 Å². The van der Waals surface area contributed by atoms with Gasteiger partial charge in [0.15, 0.2) is 0 Å². The lowest BCUT2D eigenvalue weighted by Gasteiger charge is -2.33. The van der Waals surface area contributed by atoms with Crippen molar-refractivity contribution in [2.24, 2.45) is 5.92 Å². The van der Waals surface area contributed by atoms with Crippen LogP contribution < -0.4 is 9.64 Å². The number of hydrogen-bond acceptors (Lipinski definition) is 6. The molecule has 0 radical (unpaired) electrons. The zero-order valence-electron chi connectivity index (χ0n) is 21.9. The number of ether oxygens (including phenoxy) is 2. The fraction of sp³-hybridized carbons (Fsp3) is 0.367. The third kappa shape index (κ3) is 5.62. The number of nitrogens with zero attached hydrogens (tertiary/aromatic N) is 4. The molecule has 2 aliphatic heterocycles. The number of imidazole rings is 1. The molecule has 0 aliphatic carbocycles. The van der Waals surface area contributed by atoms with Crippen LogP contribution in [0.3, 0.4) is 0 Å². The van der Waals surface area contributed by atoms with Crippen molar-refractivity contribution in [3.8, 4) is 5.88 Å². The van der Waals surface area contributed by atoms with Crippen molar-refractivity contribution >= 4 is 22.8 Å². The van der Waals surface area contributed by atoms with E-state index in [1.807, 2.05) is 12.1 Å². The summed E-state index contributed by atoms with van der Waals surface area (Å²) in [6, 6.07) is 14.0. The lowest BCUT2D eigenvalue weighted by atomic mass is 9.93. The minimum Gasteiger partial charge on any atom is -0.478 e. The normalized spacial score (nSPS) is 17.6. The van der Waals surface area contributed by atoms with Gasteiger partial charge in [-0.05, 0) is 61.6 Å². The number of halogens is 2. The number of benzene rings is 2. The maximum atomic E-state index is 13.9. The first kappa shape index (κ1) is 26.2. The number of aromatic carboxylic acids is 1. The Morgan fingerprint density at radius 1 is 1.05 bits per heavy atom. The SMILES string of the molecule is O=C(O)c1ccc2nc(CC3CCN(c4cccc(OCc5ccc(F)cc5F)n4)CC3)n(C[C@@H]3CCO3)c2c1. The molecule has 2 aliphatic rings. The van der Waals surface area contributed by atoms with Crippen LogP contribution >= 0.6 is 0 Å². The topological polar surface area (TPSA) is 89.7 Å². The van der Waals surface area contributed by atoms with Gasteiger partial charge in [0.2, 0.25) is 5.88 Å². The van der Waals surface area contributed by atoms with E-state index in [1.165, 1.54) is 12.1 Å². The van der Waals surface area contributed by atoms with Crippen molar-refractivity contribution in [2.45, 2.75) is 44.9 Å². The van der Waals surface area contributed by atoms with Gasteiger partial charge in [0.1, 0.15) is 29.9 Å². The molecule has 208 valence electrons. The van der Waals surface area contributed by atoms with Crippen LogP contribution in [0.25, 0.3) is 11.0 Å². The van der Waals surface area contributed by atoms with Gasteiger partial charge in [0, 0.05) is 43.8 Å². The predicted octanol–water partition coefficient (Wildman–Crippen LogP) is 5.23. The quantitative estimate of drug-likeness (QED) is 0.306. The zero-order valence-corrected chi connectivity index (χ0v) is 21.9. The molecule has 2 saturated heterocycles. The maximum absolute atomic E-state index is 13.9. The van der Waals surface area contributed by atoms with Crippen LogP contribution in [0.15, 0.2) is 54.6 Å². The molecule has 0 spiro atoms. The second kappa shape index (κ2) is 11.2. The molecule has 0 unspecified atom stereocenters. The standard InChI is InChI=1S/C30H30F2N4O4/c31-22-6-4-21(24(32)16-22)18-40-29-3-1-2-27(34-29)35-11-8-19(9-12-35)14-28-33-25-7-5-20(30(37)38)15-26(25)36(28)17-23-10-13-39-23/h1-7,15-16,19,23H,8-14,17-18H2,(H,37,38)/t23-/m0/s1. The second-order valence-corrected chi connectivity index (χ2v) is 10.4. The van der Waals surface area contributed by atoms with Gasteiger partial charge in [0.05, 0.1) is 29.2 Å². The number of fused-ring (bicyclic) bond motifs is 1. The van der Waals surface area contributed by atoms with E-state index in [4.69, 9.17) is 14.5 Å². The first-order valence-corrected chi connectivity index (χ1v) is 13.6. The number of carboxylic acids is 1. The average molecular weight is 549 g/mol. The molecular formula is C30H30F2N4O4. The molecule has 8 nitrogen and oxygen atoms in total. The Bertz CT molecular complexity index is 1530. The number of piperidine rings is 1. The number of hydrogen-bond donors (Lipinski definition) is 1. The molecule has 6 rings (SSSR count). The van der Waals surface area contributed by atoms with Gasteiger partial charge < -0.3 is 24.0 Å². The van der Waals surface area contributed by atoms with E-state index in [-0.39, 0.29) is 23.8 Å². The second-order valence-electron chi connectivity index (χ2n) is 10.4. The van der Waals surface area contributed by atoms with Crippen LogP contribution in [0.5, 0.6) is 5.88 Å². The minimum atomic E-state index is -0.950. The Morgan fingerprint density at radius 2 is 1.88 bits per heavy atom. The Balaban J connectivity index is 1.11. The molecule has 2 aromatic carbocycles. The highest BCUT2D eigenvalue weighted by atomic mass is 19.1. The summed E-state index contributed by atoms with van der Waals surface area (Å²) in [5.41, 5.74) is 2.16. The van der Waals surface area contributed by atoms with Crippen LogP contribution in [0, 0.1) is 17.6 Å². The highest BCUT2D eigenvalue weighted by Gasteiger charge is 2.26. The summed E-state index contributed by atoms with van der Waals surface area (Å²) < 4.78 is 40.6. The fourth-order valence-electron chi connectivity index (χ4n) is 5.37. The molecule has 1 N–H and O–H groups in total. The predicted molar refractivity (Wildman–Crippen MR) is 145 cm³/mol. The molecular weight excluding hydrogens is 518 g/mol. The van der Waals surface area contributed by atoms with Gasteiger partial charge in [-0.1, -0.05) is 6.07 Å². The van der Waals surface area contributed by atoms with E-state index >= 15 is 0 Å². The number of pyridine rings is 1. The summed E-state index contributed by atoms with van der Waals surface area (Å²) >= 11 is 0. The van der Waals surface area contributed by atoms with Gasteiger partial charge in [-0.25, -0.2) is 18.6 Å². The van der Waals surface area contributed by atoms with Crippen molar-refractivity contribution < 1.29 is 28.2 Å². The molecule has 0 saturated carbocycles. The first-order valence-electron chi connectivity index (χ1n) is 13.6. The smallest absolute Gasteiger partial charge is 0.335 e. The van der Waals surface area contributed by atoms with Gasteiger partial charge in [0.25, 0.3) is 0 Å². The van der Waals surface area contributed by atoms with Gasteiger partial charge in [-0.2, -0.15) is 4.98 Å². The van der Waals surface area contributed by atoms with Crippen molar-refractivity contribution in [3.63, 3.8) is 0 Å². The molecule has 10 heteroatoms. The summed E-state index contributed by atoms with van der Waals surface area (Å²) in [7, 11) is 0. The number of carbonyl (C=O) groups is 1. The Kier molecular flexibility index (Phi) is 7.34. The molecule has 40 heavy (non-hydrogen) atoms. The van der Waals surface area contributed by atoms with Crippen molar-refractivity contribution in [2.75, 3.05) is 24.6 Å². The zero-order chi connectivity index (χ0) is 27.6. The first-order chi connectivity index (χ1) is 19.4. The van der Waals surface area contributed by atoms with Crippen molar-refractivity contribution in [1.29, 1.82) is 0 Å². The van der Waals surface area contributed by atoms with E-state index in [9.17, 15) is 18.7 Å². The largest absolute Gasteiger partial charge is 0.478 e. The van der Waals surface area contributed by atoms with Crippen LogP contribution in [0.1, 0.15) is 41.0 Å². The number of rotatable bonds is 9. The Morgan fingerprint density at radius 3 is 2.60 bits per heavy atom. The lowest BCUT2D eigenvalue weighted by molar-refractivity contribution is -0.0590. The molecule has 4 aromatic rings. The summed E-state index contributed by atoms with van der Waals surface area (Å²) in [5.74, 6) is 0.356. The van der Waals surface area contributed by atoms with Crippen LogP contribution in [0.4, 0.5) is 14.6 Å². The molecule has 2 aromatic heterocycles. The molecule has 0 amide bonds. The third-order valence-electron chi connectivity index (χ3n) is 7.76. The van der Waals surface area contributed by atoms with E-state index in [1.54, 1.807) is 24.3 Å². The number of anilines is 1. The van der Waals surface area contributed by atoms with E-state index in [0.717, 1.165) is 74.1 Å². The van der Waals surface area contributed by atoms with E-state index in [2.05, 4.69) is 14.5 Å². The molecule has 1 atom stereocenters. The van der Waals surface area contributed by atoms with Gasteiger partial charge in [-0.3, -0.25) is 0 Å². The van der Waals surface area contributed by atoms with Crippen molar-refractivity contribution in [1.82, 2.24) is 14.5 Å².